The van der Waals surface area contributed by atoms with E-state index in [2.05, 4.69) is 15.3 Å². The molecule has 0 aromatic carbocycles. The highest BCUT2D eigenvalue weighted by molar-refractivity contribution is 8.16. The molecular weight excluding hydrogens is 278 g/mol. The Morgan fingerprint density at radius 3 is 3.15 bits per heavy atom. The smallest absolute Gasteiger partial charge is 0.308 e. The number of aliphatic imine (C=N–C) groups is 1. The molecule has 0 aromatic heterocycles. The van der Waals surface area contributed by atoms with Gasteiger partial charge in [0.05, 0.1) is 5.92 Å². The molecule has 3 aliphatic heterocycles. The summed E-state index contributed by atoms with van der Waals surface area (Å²) < 4.78 is 0. The number of carboxylic acids is 1. The first-order chi connectivity index (χ1) is 9.65. The quantitative estimate of drug-likeness (QED) is 0.836. The maximum Gasteiger partial charge on any atom is 0.308 e. The highest BCUT2D eigenvalue weighted by atomic mass is 32.2. The molecule has 3 rings (SSSR count). The van der Waals surface area contributed by atoms with Crippen LogP contribution in [0.4, 0.5) is 0 Å². The zero-order chi connectivity index (χ0) is 14.1. The summed E-state index contributed by atoms with van der Waals surface area (Å²) in [4.78, 5) is 31.0. The lowest BCUT2D eigenvalue weighted by molar-refractivity contribution is -0.141. The van der Waals surface area contributed by atoms with Gasteiger partial charge in [-0.15, -0.1) is 0 Å². The molecule has 1 unspecified atom stereocenters. The number of thioether (sulfide) groups is 1. The lowest BCUT2D eigenvalue weighted by atomic mass is 10.1. The second kappa shape index (κ2) is 5.47. The Labute approximate surface area is 121 Å². The minimum Gasteiger partial charge on any atom is -0.481 e. The van der Waals surface area contributed by atoms with Crippen molar-refractivity contribution in [1.82, 2.24) is 9.80 Å². The third-order valence-corrected chi connectivity index (χ3v) is 4.82. The molecule has 6 nitrogen and oxygen atoms in total. The lowest BCUT2D eigenvalue weighted by Crippen LogP contribution is -2.32. The van der Waals surface area contributed by atoms with Crippen molar-refractivity contribution in [3.05, 3.63) is 11.1 Å². The number of carbonyl (C=O) groups excluding carboxylic acids is 1. The molecule has 0 bridgehead atoms. The van der Waals surface area contributed by atoms with Crippen molar-refractivity contribution in [1.29, 1.82) is 0 Å². The molecule has 0 spiro atoms. The van der Waals surface area contributed by atoms with Crippen LogP contribution in [-0.2, 0) is 9.59 Å². The lowest BCUT2D eigenvalue weighted by Gasteiger charge is -2.26. The number of likely N-dealkylation sites (tertiary alicyclic amines) is 1. The molecule has 1 fully saturated rings. The van der Waals surface area contributed by atoms with Gasteiger partial charge in [0.2, 0.25) is 5.91 Å². The van der Waals surface area contributed by atoms with Crippen molar-refractivity contribution < 1.29 is 14.7 Å². The number of carboxylic acid groups (broad SMARTS) is 1. The molecule has 20 heavy (non-hydrogen) atoms. The molecule has 0 saturated carbocycles. The first-order valence-corrected chi connectivity index (χ1v) is 7.71. The van der Waals surface area contributed by atoms with Gasteiger partial charge in [0, 0.05) is 44.7 Å². The van der Waals surface area contributed by atoms with E-state index in [9.17, 15) is 9.59 Å². The van der Waals surface area contributed by atoms with Gasteiger partial charge >= 0.3 is 5.97 Å². The maximum absolute atomic E-state index is 11.8. The third-order valence-electron chi connectivity index (χ3n) is 3.87. The zero-order valence-electron chi connectivity index (χ0n) is 11.1. The van der Waals surface area contributed by atoms with Crippen LogP contribution >= 0.6 is 11.8 Å². The van der Waals surface area contributed by atoms with Gasteiger partial charge in [-0.1, -0.05) is 11.8 Å². The van der Waals surface area contributed by atoms with Gasteiger partial charge in [-0.3, -0.25) is 14.6 Å². The SMILES string of the molecule is O=C(O)C1CC(=O)N(CCC2=CSC3=NCCCN23)C1. The molecule has 1 saturated heterocycles. The van der Waals surface area contributed by atoms with Crippen LogP contribution in [0.5, 0.6) is 0 Å². The number of carbonyl (C=O) groups is 2. The van der Waals surface area contributed by atoms with Crippen molar-refractivity contribution >= 4 is 28.8 Å². The molecule has 3 heterocycles. The Morgan fingerprint density at radius 1 is 1.55 bits per heavy atom. The number of hydrogen-bond acceptors (Lipinski definition) is 5. The Kier molecular flexibility index (Phi) is 3.69. The molecule has 0 aromatic rings. The van der Waals surface area contributed by atoms with Crippen molar-refractivity contribution in [2.45, 2.75) is 19.3 Å². The second-order valence-corrected chi connectivity index (χ2v) is 6.06. The fourth-order valence-corrected chi connectivity index (χ4v) is 3.72. The number of amidine groups is 1. The first kappa shape index (κ1) is 13.5. The van der Waals surface area contributed by atoms with Crippen molar-refractivity contribution in [2.75, 3.05) is 26.2 Å². The largest absolute Gasteiger partial charge is 0.481 e. The Hall–Kier alpha value is -1.50. The van der Waals surface area contributed by atoms with Crippen LogP contribution in [0, 0.1) is 5.92 Å². The molecule has 108 valence electrons. The van der Waals surface area contributed by atoms with Crippen molar-refractivity contribution in [3.8, 4) is 0 Å². The molecule has 3 aliphatic rings. The maximum atomic E-state index is 11.8. The summed E-state index contributed by atoms with van der Waals surface area (Å²) >= 11 is 1.64. The van der Waals surface area contributed by atoms with E-state index in [-0.39, 0.29) is 12.3 Å². The summed E-state index contributed by atoms with van der Waals surface area (Å²) in [6.07, 6.45) is 1.97. The average Bonchev–Trinajstić information content (AvgIpc) is 3.00. The molecule has 1 N–H and O–H groups in total. The average molecular weight is 295 g/mol. The summed E-state index contributed by atoms with van der Waals surface area (Å²) in [6.45, 7) is 2.82. The normalized spacial score (nSPS) is 25.6. The van der Waals surface area contributed by atoms with Gasteiger partial charge in [-0.05, 0) is 11.8 Å². The van der Waals surface area contributed by atoms with E-state index >= 15 is 0 Å². The highest BCUT2D eigenvalue weighted by Crippen LogP contribution is 2.31. The Balaban J connectivity index is 1.55. The van der Waals surface area contributed by atoms with Crippen LogP contribution in [0.15, 0.2) is 16.1 Å². The highest BCUT2D eigenvalue weighted by Gasteiger charge is 2.34. The number of amides is 1. The van der Waals surface area contributed by atoms with E-state index in [1.165, 1.54) is 5.70 Å². The number of rotatable bonds is 4. The summed E-state index contributed by atoms with van der Waals surface area (Å²) in [5.74, 6) is -1.46. The monoisotopic (exact) mass is 295 g/mol. The first-order valence-electron chi connectivity index (χ1n) is 6.83. The molecule has 0 radical (unpaired) electrons. The zero-order valence-corrected chi connectivity index (χ0v) is 11.9. The van der Waals surface area contributed by atoms with E-state index in [0.717, 1.165) is 31.1 Å². The number of fused-ring (bicyclic) bond motifs is 1. The van der Waals surface area contributed by atoms with Gasteiger partial charge in [0.1, 0.15) is 0 Å². The summed E-state index contributed by atoms with van der Waals surface area (Å²) in [5.41, 5.74) is 1.19. The Morgan fingerprint density at radius 2 is 2.40 bits per heavy atom. The summed E-state index contributed by atoms with van der Waals surface area (Å²) in [6, 6.07) is 0. The predicted molar refractivity (Wildman–Crippen MR) is 76.2 cm³/mol. The summed E-state index contributed by atoms with van der Waals surface area (Å²) in [7, 11) is 0. The number of hydrogen-bond donors (Lipinski definition) is 1. The fraction of sp³-hybridized carbons (Fsp3) is 0.615. The molecule has 7 heteroatoms. The van der Waals surface area contributed by atoms with E-state index in [1.54, 1.807) is 16.7 Å². The van der Waals surface area contributed by atoms with E-state index in [4.69, 9.17) is 5.11 Å². The van der Waals surface area contributed by atoms with E-state index in [0.29, 0.717) is 13.1 Å². The third kappa shape index (κ3) is 2.54. The van der Waals surface area contributed by atoms with Crippen LogP contribution < -0.4 is 0 Å². The minimum atomic E-state index is -0.873. The van der Waals surface area contributed by atoms with Crippen molar-refractivity contribution in [2.24, 2.45) is 10.9 Å². The van der Waals surface area contributed by atoms with Crippen LogP contribution in [0.25, 0.3) is 0 Å². The topological polar surface area (TPSA) is 73.2 Å². The molecular formula is C13H17N3O3S. The van der Waals surface area contributed by atoms with Crippen LogP contribution in [0.3, 0.4) is 0 Å². The second-order valence-electron chi connectivity index (χ2n) is 5.23. The van der Waals surface area contributed by atoms with Gasteiger partial charge in [-0.25, -0.2) is 0 Å². The van der Waals surface area contributed by atoms with Gasteiger partial charge in [0.25, 0.3) is 0 Å². The van der Waals surface area contributed by atoms with Gasteiger partial charge in [0.15, 0.2) is 5.17 Å². The van der Waals surface area contributed by atoms with Crippen LogP contribution in [-0.4, -0.2) is 58.1 Å². The summed E-state index contributed by atoms with van der Waals surface area (Å²) in [5, 5.41) is 12.1. The molecule has 0 aliphatic carbocycles. The number of aliphatic carboxylic acids is 1. The minimum absolute atomic E-state index is 0.0452. The fourth-order valence-electron chi connectivity index (χ4n) is 2.73. The van der Waals surface area contributed by atoms with E-state index < -0.39 is 11.9 Å². The molecule has 1 atom stereocenters. The molecule has 1 amide bonds. The van der Waals surface area contributed by atoms with Gasteiger partial charge in [-0.2, -0.15) is 0 Å². The standard InChI is InChI=1S/C13H17N3O3S/c17-11-6-9(12(18)19)7-15(11)5-2-10-8-20-13-14-3-1-4-16(10)13/h8-9H,1-7H2,(H,18,19). The van der Waals surface area contributed by atoms with Crippen LogP contribution in [0.1, 0.15) is 19.3 Å². The van der Waals surface area contributed by atoms with E-state index in [1.807, 2.05) is 0 Å². The van der Waals surface area contributed by atoms with Gasteiger partial charge < -0.3 is 14.9 Å². The predicted octanol–water partition coefficient (Wildman–Crippen LogP) is 0.960. The van der Waals surface area contributed by atoms with Crippen molar-refractivity contribution in [3.63, 3.8) is 0 Å². The number of nitrogens with zero attached hydrogens (tertiary/aromatic N) is 3. The van der Waals surface area contributed by atoms with Crippen LogP contribution in [0.2, 0.25) is 0 Å². The Bertz CT molecular complexity index is 503.